The van der Waals surface area contributed by atoms with Crippen LogP contribution < -0.4 is 19.5 Å². The second-order valence-corrected chi connectivity index (χ2v) is 11.0. The number of hydrogen-bond donors (Lipinski definition) is 2. The van der Waals surface area contributed by atoms with E-state index in [9.17, 15) is 14.7 Å². The smallest absolute Gasteiger partial charge is 0.309 e. The van der Waals surface area contributed by atoms with Gasteiger partial charge in [0.1, 0.15) is 11.6 Å². The first kappa shape index (κ1) is 30.6. The van der Waals surface area contributed by atoms with Gasteiger partial charge in [-0.2, -0.15) is 0 Å². The highest BCUT2D eigenvalue weighted by Gasteiger charge is 2.49. The van der Waals surface area contributed by atoms with Crippen molar-refractivity contribution in [3.63, 3.8) is 0 Å². The Kier molecular flexibility index (Phi) is 9.39. The third-order valence-electron chi connectivity index (χ3n) is 7.98. The van der Waals surface area contributed by atoms with E-state index in [1.54, 1.807) is 29.2 Å². The van der Waals surface area contributed by atoms with Crippen LogP contribution in [0.25, 0.3) is 0 Å². The number of anilines is 1. The van der Waals surface area contributed by atoms with Crippen LogP contribution >= 0.6 is 11.6 Å². The minimum atomic E-state index is -1.10. The quantitative estimate of drug-likeness (QED) is 0.262. The van der Waals surface area contributed by atoms with Crippen molar-refractivity contribution in [3.05, 3.63) is 81.6 Å². The van der Waals surface area contributed by atoms with Crippen LogP contribution in [0, 0.1) is 11.7 Å². The lowest BCUT2D eigenvalue weighted by molar-refractivity contribution is -0.143. The zero-order valence-electron chi connectivity index (χ0n) is 24.2. The number of aliphatic carboxylic acids is 1. The molecule has 1 saturated heterocycles. The van der Waals surface area contributed by atoms with Gasteiger partial charge in [-0.15, -0.1) is 0 Å². The van der Waals surface area contributed by atoms with Crippen LogP contribution in [0.5, 0.6) is 17.2 Å². The van der Waals surface area contributed by atoms with Crippen LogP contribution in [0.4, 0.5) is 10.1 Å². The molecule has 228 valence electrons. The molecule has 5 rings (SSSR count). The van der Waals surface area contributed by atoms with Gasteiger partial charge in [-0.25, -0.2) is 4.39 Å². The summed E-state index contributed by atoms with van der Waals surface area (Å²) in [5.74, 6) is -2.68. The monoisotopic (exact) mass is 612 g/mol. The molecule has 3 aromatic rings. The molecule has 1 fully saturated rings. The van der Waals surface area contributed by atoms with Crippen molar-refractivity contribution in [3.8, 4) is 17.2 Å². The summed E-state index contributed by atoms with van der Waals surface area (Å²) in [6.07, 6.45) is 1.33. The number of ether oxygens (including phenoxy) is 4. The molecule has 3 aromatic carbocycles. The number of carboxylic acid groups (broad SMARTS) is 1. The summed E-state index contributed by atoms with van der Waals surface area (Å²) in [5, 5.41) is 14.2. The number of likely N-dealkylation sites (tertiary alicyclic amines) is 1. The molecule has 11 heteroatoms. The Labute approximate surface area is 254 Å². The van der Waals surface area contributed by atoms with Crippen LogP contribution in [0.15, 0.2) is 48.5 Å². The fraction of sp³-hybridized carbons (Fsp3) is 0.375. The van der Waals surface area contributed by atoms with Crippen molar-refractivity contribution in [2.45, 2.75) is 38.6 Å². The highest BCUT2D eigenvalue weighted by atomic mass is 35.5. The molecule has 9 nitrogen and oxygen atoms in total. The van der Waals surface area contributed by atoms with Crippen molar-refractivity contribution in [1.29, 1.82) is 0 Å². The van der Waals surface area contributed by atoms with E-state index >= 15 is 4.39 Å². The maximum atomic E-state index is 15.4. The Hall–Kier alpha value is -3.86. The van der Waals surface area contributed by atoms with Gasteiger partial charge in [0.2, 0.25) is 12.7 Å². The zero-order valence-corrected chi connectivity index (χ0v) is 24.9. The van der Waals surface area contributed by atoms with Gasteiger partial charge in [-0.3, -0.25) is 14.5 Å². The minimum absolute atomic E-state index is 0.0398. The molecule has 2 N–H and O–H groups in total. The van der Waals surface area contributed by atoms with Gasteiger partial charge in [0, 0.05) is 42.4 Å². The van der Waals surface area contributed by atoms with E-state index < -0.39 is 29.7 Å². The molecule has 1 amide bonds. The molecule has 3 atom stereocenters. The van der Waals surface area contributed by atoms with E-state index in [0.29, 0.717) is 40.6 Å². The molecule has 0 bridgehead atoms. The normalized spacial score (nSPS) is 19.4. The van der Waals surface area contributed by atoms with Crippen LogP contribution in [0.2, 0.25) is 5.02 Å². The van der Waals surface area contributed by atoms with Gasteiger partial charge in [-0.1, -0.05) is 37.6 Å². The Bertz CT molecular complexity index is 1470. The molecule has 1 unspecified atom stereocenters. The van der Waals surface area contributed by atoms with Crippen molar-refractivity contribution in [1.82, 2.24) is 4.90 Å². The molecule has 0 aliphatic carbocycles. The summed E-state index contributed by atoms with van der Waals surface area (Å²) >= 11 is 6.31. The van der Waals surface area contributed by atoms with Crippen molar-refractivity contribution in [2.75, 3.05) is 39.1 Å². The molecule has 0 saturated carbocycles. The Morgan fingerprint density at radius 2 is 1.72 bits per heavy atom. The lowest BCUT2D eigenvalue weighted by Gasteiger charge is -2.27. The van der Waals surface area contributed by atoms with Crippen molar-refractivity contribution < 1.29 is 38.0 Å². The molecule has 2 aliphatic heterocycles. The summed E-state index contributed by atoms with van der Waals surface area (Å²) in [4.78, 5) is 28.3. The van der Waals surface area contributed by atoms with E-state index in [2.05, 4.69) is 5.32 Å². The largest absolute Gasteiger partial charge is 0.481 e. The van der Waals surface area contributed by atoms with E-state index in [4.69, 9.17) is 30.5 Å². The number of hydrogen-bond acceptors (Lipinski definition) is 7. The summed E-state index contributed by atoms with van der Waals surface area (Å²) in [6, 6.07) is 12.6. The molecule has 2 aliphatic rings. The van der Waals surface area contributed by atoms with Crippen molar-refractivity contribution in [2.24, 2.45) is 5.92 Å². The second-order valence-electron chi connectivity index (χ2n) is 10.5. The number of fused-ring (bicyclic) bond motifs is 1. The van der Waals surface area contributed by atoms with E-state index in [0.717, 1.165) is 11.1 Å². The number of carbonyl (C=O) groups excluding carboxylic acids is 1. The standard InChI is InChI=1S/C32H34ClFN2O7/c1-4-18-10-21(33)11-19(5-2)30(18)35-28(37)15-36-14-24(23-12-26-27(13-25(23)34)43-17-42-26)29(32(38)39)31(36)20-6-8-22(9-7-20)41-16-40-3/h6-13,24,29,31H,4-5,14-17H2,1-3H3,(H,35,37)(H,38,39)/t24-,29?,31+/m1/s1. The van der Waals surface area contributed by atoms with Gasteiger partial charge in [0.05, 0.1) is 12.5 Å². The third-order valence-corrected chi connectivity index (χ3v) is 8.20. The Morgan fingerprint density at radius 3 is 2.33 bits per heavy atom. The van der Waals surface area contributed by atoms with E-state index in [1.807, 2.05) is 26.0 Å². The van der Waals surface area contributed by atoms with Crippen LogP contribution in [0.3, 0.4) is 0 Å². The maximum Gasteiger partial charge on any atom is 0.309 e. The minimum Gasteiger partial charge on any atom is -0.481 e. The molecule has 2 heterocycles. The highest BCUT2D eigenvalue weighted by Crippen LogP contribution is 2.48. The van der Waals surface area contributed by atoms with E-state index in [-0.39, 0.29) is 43.9 Å². The second kappa shape index (κ2) is 13.2. The predicted molar refractivity (Wildman–Crippen MR) is 158 cm³/mol. The fourth-order valence-corrected chi connectivity index (χ4v) is 6.28. The lowest BCUT2D eigenvalue weighted by atomic mass is 9.82. The molecule has 0 aromatic heterocycles. The van der Waals surface area contributed by atoms with Gasteiger partial charge in [-0.05, 0) is 65.4 Å². The first-order valence-electron chi connectivity index (χ1n) is 14.1. The number of amides is 1. The summed E-state index contributed by atoms with van der Waals surface area (Å²) in [6.45, 7) is 3.99. The first-order valence-corrected chi connectivity index (χ1v) is 14.5. The van der Waals surface area contributed by atoms with Crippen LogP contribution in [-0.2, 0) is 27.2 Å². The predicted octanol–water partition coefficient (Wildman–Crippen LogP) is 5.80. The third kappa shape index (κ3) is 6.41. The molecular formula is C32H34ClFN2O7. The topological polar surface area (TPSA) is 107 Å². The molecule has 43 heavy (non-hydrogen) atoms. The number of nitrogens with zero attached hydrogens (tertiary/aromatic N) is 1. The average Bonchev–Trinajstić information content (AvgIpc) is 3.60. The summed E-state index contributed by atoms with van der Waals surface area (Å²) < 4.78 is 36.7. The zero-order chi connectivity index (χ0) is 30.7. The lowest BCUT2D eigenvalue weighted by Crippen LogP contribution is -2.35. The van der Waals surface area contributed by atoms with Crippen LogP contribution in [-0.4, -0.2) is 55.7 Å². The van der Waals surface area contributed by atoms with Gasteiger partial charge in [0.25, 0.3) is 0 Å². The number of nitrogens with one attached hydrogen (secondary N) is 1. The SMILES string of the molecule is CCc1cc(Cl)cc(CC)c1NC(=O)CN1C[C@H](c2cc3c(cc2F)OCO3)C(C(=O)O)[C@@H]1c1ccc(OCOC)cc1. The number of carbonyl (C=O) groups is 2. The molecular weight excluding hydrogens is 579 g/mol. The fourth-order valence-electron chi connectivity index (χ4n) is 6.02. The number of rotatable bonds is 11. The van der Waals surface area contributed by atoms with Crippen molar-refractivity contribution >= 4 is 29.2 Å². The maximum absolute atomic E-state index is 15.4. The summed E-state index contributed by atoms with van der Waals surface area (Å²) in [5.41, 5.74) is 3.38. The molecule has 0 spiro atoms. The number of carboxylic acids is 1. The summed E-state index contributed by atoms with van der Waals surface area (Å²) in [7, 11) is 1.51. The van der Waals surface area contributed by atoms with E-state index in [1.165, 1.54) is 19.2 Å². The number of aryl methyl sites for hydroxylation is 2. The van der Waals surface area contributed by atoms with Gasteiger partial charge >= 0.3 is 5.97 Å². The average molecular weight is 613 g/mol. The first-order chi connectivity index (χ1) is 20.7. The number of methoxy groups -OCH3 is 1. The molecule has 0 radical (unpaired) electrons. The Balaban J connectivity index is 1.50. The Morgan fingerprint density at radius 1 is 1.07 bits per heavy atom. The van der Waals surface area contributed by atoms with Gasteiger partial charge < -0.3 is 29.4 Å². The number of halogens is 2. The highest BCUT2D eigenvalue weighted by molar-refractivity contribution is 6.30. The van der Waals surface area contributed by atoms with Gasteiger partial charge in [0.15, 0.2) is 18.3 Å². The van der Waals surface area contributed by atoms with Crippen LogP contribution in [0.1, 0.15) is 48.1 Å². The number of benzene rings is 3.